The van der Waals surface area contributed by atoms with Crippen molar-refractivity contribution in [3.63, 3.8) is 0 Å². The number of hydrogen-bond acceptors (Lipinski definition) is 6. The number of fused-ring (bicyclic) bond motifs is 1. The van der Waals surface area contributed by atoms with Crippen LogP contribution in [0.2, 0.25) is 0 Å². The second kappa shape index (κ2) is 8.53. The third-order valence-electron chi connectivity index (χ3n) is 5.72. The van der Waals surface area contributed by atoms with E-state index < -0.39 is 0 Å². The predicted octanol–water partition coefficient (Wildman–Crippen LogP) is 4.59. The zero-order valence-corrected chi connectivity index (χ0v) is 17.9. The summed E-state index contributed by atoms with van der Waals surface area (Å²) in [6.07, 6.45) is 5.28. The highest BCUT2D eigenvalue weighted by Gasteiger charge is 2.19. The molecule has 3 aromatic rings. The Labute approximate surface area is 171 Å². The number of aromatic nitrogens is 3. The van der Waals surface area contributed by atoms with Gasteiger partial charge in [-0.05, 0) is 63.4 Å². The minimum atomic E-state index is 0.818. The van der Waals surface area contributed by atoms with Crippen LogP contribution in [0.25, 0.3) is 10.2 Å². The number of anilines is 1. The number of rotatable bonds is 6. The van der Waals surface area contributed by atoms with Crippen molar-refractivity contribution >= 4 is 27.4 Å². The van der Waals surface area contributed by atoms with Crippen LogP contribution >= 0.6 is 11.3 Å². The minimum Gasteiger partial charge on any atom is -0.369 e. The Morgan fingerprint density at radius 1 is 1.18 bits per heavy atom. The van der Waals surface area contributed by atoms with Crippen molar-refractivity contribution in [2.24, 2.45) is 5.92 Å². The Morgan fingerprint density at radius 2 is 2.00 bits per heavy atom. The van der Waals surface area contributed by atoms with Crippen LogP contribution in [0.15, 0.2) is 24.4 Å². The van der Waals surface area contributed by atoms with Gasteiger partial charge in [-0.2, -0.15) is 0 Å². The van der Waals surface area contributed by atoms with Gasteiger partial charge in [-0.15, -0.1) is 11.3 Å². The van der Waals surface area contributed by atoms with Crippen molar-refractivity contribution < 1.29 is 0 Å². The van der Waals surface area contributed by atoms with Crippen molar-refractivity contribution in [3.8, 4) is 0 Å². The molecule has 0 radical (unpaired) electrons. The number of nitrogens with zero attached hydrogens (tertiary/aromatic N) is 4. The highest BCUT2D eigenvalue weighted by Crippen LogP contribution is 2.33. The molecule has 1 aliphatic heterocycles. The van der Waals surface area contributed by atoms with Crippen LogP contribution in [-0.2, 0) is 13.0 Å². The average molecular weight is 396 g/mol. The monoisotopic (exact) mass is 395 g/mol. The fraction of sp³-hybridized carbons (Fsp3) is 0.500. The highest BCUT2D eigenvalue weighted by atomic mass is 32.1. The molecule has 5 nitrogen and oxygen atoms in total. The molecule has 0 spiro atoms. The summed E-state index contributed by atoms with van der Waals surface area (Å²) in [5, 5.41) is 4.75. The molecule has 1 fully saturated rings. The Bertz CT molecular complexity index is 929. The van der Waals surface area contributed by atoms with Gasteiger partial charge in [0.25, 0.3) is 0 Å². The van der Waals surface area contributed by atoms with E-state index in [-0.39, 0.29) is 0 Å². The standard InChI is InChI=1S/C22H29N5S/c1-15-8-12-27(13-9-15)14-19-25-21(20-16(2)17(3)28-22(20)26-19)24-11-7-18-6-4-5-10-23-18/h4-6,10,15H,7-9,11-14H2,1-3H3,(H,24,25,26). The van der Waals surface area contributed by atoms with E-state index in [1.807, 2.05) is 18.3 Å². The van der Waals surface area contributed by atoms with Crippen molar-refractivity contribution in [1.29, 1.82) is 0 Å². The summed E-state index contributed by atoms with van der Waals surface area (Å²) in [7, 11) is 0. The number of hydrogen-bond donors (Lipinski definition) is 1. The van der Waals surface area contributed by atoms with Crippen molar-refractivity contribution in [2.75, 3.05) is 25.0 Å². The van der Waals surface area contributed by atoms with Crippen LogP contribution < -0.4 is 5.32 Å². The fourth-order valence-corrected chi connectivity index (χ4v) is 4.82. The topological polar surface area (TPSA) is 53.9 Å². The Morgan fingerprint density at radius 3 is 2.75 bits per heavy atom. The lowest BCUT2D eigenvalue weighted by Gasteiger charge is -2.29. The smallest absolute Gasteiger partial charge is 0.146 e. The van der Waals surface area contributed by atoms with Crippen LogP contribution in [0.5, 0.6) is 0 Å². The van der Waals surface area contributed by atoms with Gasteiger partial charge in [-0.25, -0.2) is 9.97 Å². The lowest BCUT2D eigenvalue weighted by atomic mass is 9.99. The van der Waals surface area contributed by atoms with Gasteiger partial charge in [0, 0.05) is 29.7 Å². The first kappa shape index (κ1) is 19.3. The van der Waals surface area contributed by atoms with Gasteiger partial charge in [-0.1, -0.05) is 13.0 Å². The molecule has 0 aromatic carbocycles. The molecule has 4 rings (SSSR count). The molecule has 0 amide bonds. The zero-order valence-electron chi connectivity index (χ0n) is 17.0. The van der Waals surface area contributed by atoms with Gasteiger partial charge in [-0.3, -0.25) is 9.88 Å². The van der Waals surface area contributed by atoms with E-state index in [0.29, 0.717) is 0 Å². The minimum absolute atomic E-state index is 0.818. The number of likely N-dealkylation sites (tertiary alicyclic amines) is 1. The summed E-state index contributed by atoms with van der Waals surface area (Å²) < 4.78 is 0. The summed E-state index contributed by atoms with van der Waals surface area (Å²) in [6.45, 7) is 10.6. The molecule has 6 heteroatoms. The maximum Gasteiger partial charge on any atom is 0.146 e. The third-order valence-corrected chi connectivity index (χ3v) is 6.82. The molecule has 0 aliphatic carbocycles. The number of aryl methyl sites for hydroxylation is 2. The van der Waals surface area contributed by atoms with E-state index in [2.05, 4.69) is 42.0 Å². The van der Waals surface area contributed by atoms with Gasteiger partial charge in [0.1, 0.15) is 16.5 Å². The number of piperidine rings is 1. The lowest BCUT2D eigenvalue weighted by Crippen LogP contribution is -2.33. The molecule has 28 heavy (non-hydrogen) atoms. The largest absolute Gasteiger partial charge is 0.369 e. The quantitative estimate of drug-likeness (QED) is 0.661. The summed E-state index contributed by atoms with van der Waals surface area (Å²) in [5.74, 6) is 2.75. The van der Waals surface area contributed by atoms with Crippen LogP contribution in [0.1, 0.15) is 41.7 Å². The molecule has 0 atom stereocenters. The second-order valence-electron chi connectivity index (χ2n) is 7.91. The van der Waals surface area contributed by atoms with E-state index in [1.165, 1.54) is 28.7 Å². The van der Waals surface area contributed by atoms with E-state index in [4.69, 9.17) is 9.97 Å². The molecule has 3 aromatic heterocycles. The lowest BCUT2D eigenvalue weighted by molar-refractivity contribution is 0.181. The Kier molecular flexibility index (Phi) is 5.87. The Hall–Kier alpha value is -2.05. The highest BCUT2D eigenvalue weighted by molar-refractivity contribution is 7.18. The first-order valence-electron chi connectivity index (χ1n) is 10.2. The van der Waals surface area contributed by atoms with Gasteiger partial charge in [0.05, 0.1) is 11.9 Å². The first-order chi connectivity index (χ1) is 13.6. The molecule has 4 heterocycles. The molecule has 1 aliphatic rings. The summed E-state index contributed by atoms with van der Waals surface area (Å²) in [5.41, 5.74) is 2.39. The second-order valence-corrected chi connectivity index (χ2v) is 9.11. The van der Waals surface area contributed by atoms with E-state index in [9.17, 15) is 0 Å². The summed E-state index contributed by atoms with van der Waals surface area (Å²) >= 11 is 1.78. The average Bonchev–Trinajstić information content (AvgIpc) is 2.98. The maximum absolute atomic E-state index is 4.94. The predicted molar refractivity (Wildman–Crippen MR) is 117 cm³/mol. The molecule has 1 saturated heterocycles. The molecule has 0 unspecified atom stereocenters. The van der Waals surface area contributed by atoms with Crippen LogP contribution in [0, 0.1) is 19.8 Å². The van der Waals surface area contributed by atoms with Crippen LogP contribution in [0.4, 0.5) is 5.82 Å². The van der Waals surface area contributed by atoms with E-state index in [0.717, 1.165) is 60.7 Å². The van der Waals surface area contributed by atoms with Crippen molar-refractivity contribution in [1.82, 2.24) is 19.9 Å². The molecule has 148 valence electrons. The molecule has 1 N–H and O–H groups in total. The van der Waals surface area contributed by atoms with Crippen molar-refractivity contribution in [2.45, 2.75) is 46.6 Å². The normalized spacial score (nSPS) is 16.0. The zero-order chi connectivity index (χ0) is 19.5. The Balaban J connectivity index is 1.54. The van der Waals surface area contributed by atoms with Gasteiger partial charge < -0.3 is 5.32 Å². The van der Waals surface area contributed by atoms with Gasteiger partial charge in [0.2, 0.25) is 0 Å². The van der Waals surface area contributed by atoms with Gasteiger partial charge in [0.15, 0.2) is 0 Å². The first-order valence-corrected chi connectivity index (χ1v) is 11.0. The summed E-state index contributed by atoms with van der Waals surface area (Å²) in [6, 6.07) is 6.06. The number of thiophene rings is 1. The maximum atomic E-state index is 4.94. The fourth-order valence-electron chi connectivity index (χ4n) is 3.77. The third kappa shape index (κ3) is 4.33. The van der Waals surface area contributed by atoms with Crippen molar-refractivity contribution in [3.05, 3.63) is 46.4 Å². The van der Waals surface area contributed by atoms with Crippen LogP contribution in [-0.4, -0.2) is 39.5 Å². The molecular weight excluding hydrogens is 366 g/mol. The number of pyridine rings is 1. The van der Waals surface area contributed by atoms with E-state index in [1.54, 1.807) is 11.3 Å². The molecule has 0 bridgehead atoms. The van der Waals surface area contributed by atoms with E-state index >= 15 is 0 Å². The van der Waals surface area contributed by atoms with Gasteiger partial charge >= 0.3 is 0 Å². The molecular formula is C22H29N5S. The van der Waals surface area contributed by atoms with Crippen LogP contribution in [0.3, 0.4) is 0 Å². The summed E-state index contributed by atoms with van der Waals surface area (Å²) in [4.78, 5) is 19.2. The molecule has 0 saturated carbocycles. The number of nitrogens with one attached hydrogen (secondary N) is 1. The SMILES string of the molecule is Cc1sc2nc(CN3CCC(C)CC3)nc(NCCc3ccccn3)c2c1C.